The van der Waals surface area contributed by atoms with Crippen LogP contribution in [0.2, 0.25) is 0 Å². The number of rotatable bonds is 4. The smallest absolute Gasteiger partial charge is 0.197 e. The van der Waals surface area contributed by atoms with Crippen LogP contribution in [0.3, 0.4) is 0 Å². The summed E-state index contributed by atoms with van der Waals surface area (Å²) in [6.45, 7) is 0. The normalized spacial score (nSPS) is 18.0. The van der Waals surface area contributed by atoms with Gasteiger partial charge in [0.25, 0.3) is 0 Å². The molecule has 110 valence electrons. The molecule has 0 aromatic carbocycles. The third-order valence-electron chi connectivity index (χ3n) is 4.05. The summed E-state index contributed by atoms with van der Waals surface area (Å²) < 4.78 is 2.34. The van der Waals surface area contributed by atoms with Crippen molar-refractivity contribution in [1.82, 2.24) is 29.7 Å². The van der Waals surface area contributed by atoms with Crippen LogP contribution >= 0.6 is 11.8 Å². The summed E-state index contributed by atoms with van der Waals surface area (Å²) in [5.41, 5.74) is 1.49. The number of hydrogen-bond acceptors (Lipinski definition) is 6. The highest BCUT2D eigenvalue weighted by molar-refractivity contribution is 7.99. The van der Waals surface area contributed by atoms with E-state index in [1.165, 1.54) is 31.5 Å². The Morgan fingerprint density at radius 3 is 2.68 bits per heavy atom. The highest BCUT2D eigenvalue weighted by atomic mass is 32.2. The van der Waals surface area contributed by atoms with Gasteiger partial charge in [0, 0.05) is 24.4 Å². The highest BCUT2D eigenvalue weighted by Crippen LogP contribution is 2.46. The van der Waals surface area contributed by atoms with Gasteiger partial charge in [-0.3, -0.25) is 4.98 Å². The molecule has 0 spiro atoms. The molecule has 2 saturated carbocycles. The van der Waals surface area contributed by atoms with Crippen molar-refractivity contribution < 1.29 is 0 Å². The Morgan fingerprint density at radius 1 is 1.00 bits per heavy atom. The van der Waals surface area contributed by atoms with Crippen LogP contribution in [-0.4, -0.2) is 29.7 Å². The minimum atomic E-state index is 0.591. The molecular weight excluding hydrogens is 296 g/mol. The number of aromatic nitrogens is 6. The van der Waals surface area contributed by atoms with Crippen LogP contribution in [0.25, 0.3) is 11.2 Å². The molecule has 2 fully saturated rings. The maximum absolute atomic E-state index is 4.57. The molecule has 6 nitrogen and oxygen atoms in total. The minimum Gasteiger partial charge on any atom is -0.302 e. The zero-order valence-electron chi connectivity index (χ0n) is 11.9. The quantitative estimate of drug-likeness (QED) is 0.738. The van der Waals surface area contributed by atoms with Crippen LogP contribution in [0.1, 0.15) is 43.5 Å². The average Bonchev–Trinajstić information content (AvgIpc) is 3.46. The Bertz CT molecular complexity index is 852. The molecule has 3 heterocycles. The van der Waals surface area contributed by atoms with Crippen LogP contribution < -0.4 is 0 Å². The summed E-state index contributed by atoms with van der Waals surface area (Å²) >= 11 is 1.57. The van der Waals surface area contributed by atoms with Gasteiger partial charge in [-0.2, -0.15) is 0 Å². The summed E-state index contributed by atoms with van der Waals surface area (Å²) in [5, 5.41) is 10.7. The lowest BCUT2D eigenvalue weighted by Gasteiger charge is -2.07. The van der Waals surface area contributed by atoms with Gasteiger partial charge in [-0.05, 0) is 49.6 Å². The molecule has 7 heteroatoms. The zero-order chi connectivity index (χ0) is 14.5. The zero-order valence-corrected chi connectivity index (χ0v) is 12.7. The third kappa shape index (κ3) is 2.16. The van der Waals surface area contributed by atoms with Gasteiger partial charge < -0.3 is 4.57 Å². The molecular formula is C15H14N6S. The molecule has 2 aliphatic rings. The Hall–Kier alpha value is -2.02. The lowest BCUT2D eigenvalue weighted by Crippen LogP contribution is -2.02. The molecule has 3 aromatic heterocycles. The van der Waals surface area contributed by atoms with Crippen molar-refractivity contribution >= 4 is 22.9 Å². The van der Waals surface area contributed by atoms with Gasteiger partial charge >= 0.3 is 0 Å². The first-order valence-electron chi connectivity index (χ1n) is 7.59. The topological polar surface area (TPSA) is 69.4 Å². The van der Waals surface area contributed by atoms with Crippen LogP contribution in [0.4, 0.5) is 0 Å². The molecule has 0 radical (unpaired) electrons. The minimum absolute atomic E-state index is 0.591. The first-order chi connectivity index (χ1) is 10.9. The summed E-state index contributed by atoms with van der Waals surface area (Å²) in [6.07, 6.45) is 8.33. The van der Waals surface area contributed by atoms with E-state index in [2.05, 4.69) is 29.7 Å². The van der Waals surface area contributed by atoms with Gasteiger partial charge in [-0.25, -0.2) is 9.97 Å². The van der Waals surface area contributed by atoms with Crippen molar-refractivity contribution in [2.24, 2.45) is 0 Å². The fourth-order valence-corrected chi connectivity index (χ4v) is 3.52. The maximum atomic E-state index is 4.57. The molecule has 5 rings (SSSR count). The molecule has 0 N–H and O–H groups in total. The van der Waals surface area contributed by atoms with Crippen molar-refractivity contribution in [3.8, 4) is 0 Å². The van der Waals surface area contributed by atoms with Gasteiger partial charge in [-0.15, -0.1) is 10.2 Å². The fourth-order valence-electron chi connectivity index (χ4n) is 2.64. The van der Waals surface area contributed by atoms with Gasteiger partial charge in [0.2, 0.25) is 0 Å². The second-order valence-electron chi connectivity index (χ2n) is 5.87. The van der Waals surface area contributed by atoms with E-state index >= 15 is 0 Å². The maximum Gasteiger partial charge on any atom is 0.197 e. The fraction of sp³-hybridized carbons (Fsp3) is 0.400. The van der Waals surface area contributed by atoms with E-state index in [-0.39, 0.29) is 0 Å². The van der Waals surface area contributed by atoms with E-state index in [4.69, 9.17) is 0 Å². The Labute approximate surface area is 131 Å². The van der Waals surface area contributed by atoms with Crippen molar-refractivity contribution in [2.45, 2.75) is 47.8 Å². The summed E-state index contributed by atoms with van der Waals surface area (Å²) in [7, 11) is 0. The first kappa shape index (κ1) is 12.5. The van der Waals surface area contributed by atoms with Gasteiger partial charge in [-0.1, -0.05) is 0 Å². The third-order valence-corrected chi connectivity index (χ3v) is 4.94. The number of hydrogen-bond donors (Lipinski definition) is 0. The van der Waals surface area contributed by atoms with E-state index < -0.39 is 0 Å². The molecule has 0 bridgehead atoms. The van der Waals surface area contributed by atoms with Gasteiger partial charge in [0.15, 0.2) is 10.8 Å². The van der Waals surface area contributed by atoms with Crippen LogP contribution in [0.15, 0.2) is 34.7 Å². The van der Waals surface area contributed by atoms with E-state index in [0.29, 0.717) is 17.6 Å². The predicted octanol–water partition coefficient (Wildman–Crippen LogP) is 2.98. The van der Waals surface area contributed by atoms with Crippen molar-refractivity contribution in [3.05, 3.63) is 30.4 Å². The SMILES string of the molecule is c1cnc2nc(Sc3nnc(C4CC4)n3C3CC3)ccc2n1. The predicted molar refractivity (Wildman–Crippen MR) is 81.7 cm³/mol. The second kappa shape index (κ2) is 4.74. The van der Waals surface area contributed by atoms with Crippen LogP contribution in [-0.2, 0) is 0 Å². The first-order valence-corrected chi connectivity index (χ1v) is 8.40. The number of nitrogens with zero attached hydrogens (tertiary/aromatic N) is 6. The van der Waals surface area contributed by atoms with Crippen molar-refractivity contribution in [1.29, 1.82) is 0 Å². The lowest BCUT2D eigenvalue weighted by molar-refractivity contribution is 0.626. The van der Waals surface area contributed by atoms with Crippen molar-refractivity contribution in [2.75, 3.05) is 0 Å². The molecule has 0 amide bonds. The van der Waals surface area contributed by atoms with E-state index in [1.54, 1.807) is 24.2 Å². The Morgan fingerprint density at radius 2 is 1.86 bits per heavy atom. The van der Waals surface area contributed by atoms with E-state index in [0.717, 1.165) is 15.7 Å². The van der Waals surface area contributed by atoms with Gasteiger partial charge in [0.1, 0.15) is 16.4 Å². The average molecular weight is 310 g/mol. The Kier molecular flexibility index (Phi) is 2.70. The molecule has 3 aromatic rings. The molecule has 0 saturated heterocycles. The summed E-state index contributed by atoms with van der Waals surface area (Å²) in [5.74, 6) is 1.79. The molecule has 0 aliphatic heterocycles. The van der Waals surface area contributed by atoms with Crippen molar-refractivity contribution in [3.63, 3.8) is 0 Å². The van der Waals surface area contributed by atoms with Crippen LogP contribution in [0.5, 0.6) is 0 Å². The molecule has 22 heavy (non-hydrogen) atoms. The number of fused-ring (bicyclic) bond motifs is 1. The van der Waals surface area contributed by atoms with Crippen LogP contribution in [0, 0.1) is 0 Å². The second-order valence-corrected chi connectivity index (χ2v) is 6.85. The van der Waals surface area contributed by atoms with E-state index in [9.17, 15) is 0 Å². The van der Waals surface area contributed by atoms with E-state index in [1.807, 2.05) is 12.1 Å². The number of pyridine rings is 1. The molecule has 0 atom stereocenters. The molecule has 0 unspecified atom stereocenters. The summed E-state index contributed by atoms with van der Waals surface area (Å²) in [6, 6.07) is 4.52. The summed E-state index contributed by atoms with van der Waals surface area (Å²) in [4.78, 5) is 13.1. The highest BCUT2D eigenvalue weighted by Gasteiger charge is 2.36. The standard InChI is InChI=1S/C15H14N6S/c1-2-9(1)14-19-20-15(21(14)10-3-4-10)22-12-6-5-11-13(18-12)17-8-7-16-11/h5-10H,1-4H2. The molecule has 2 aliphatic carbocycles. The van der Waals surface area contributed by atoms with Gasteiger partial charge in [0.05, 0.1) is 0 Å². The Balaban J connectivity index is 1.51. The largest absolute Gasteiger partial charge is 0.302 e. The lowest BCUT2D eigenvalue weighted by atomic mass is 10.4. The monoisotopic (exact) mass is 310 g/mol.